The van der Waals surface area contributed by atoms with Crippen molar-refractivity contribution in [3.63, 3.8) is 0 Å². The first-order chi connectivity index (χ1) is 9.08. The number of benzene rings is 1. The van der Waals surface area contributed by atoms with Crippen molar-refractivity contribution in [3.05, 3.63) is 23.8 Å². The topological polar surface area (TPSA) is 65.7 Å². The highest BCUT2D eigenvalue weighted by molar-refractivity contribution is 5.42. The number of methoxy groups -OCH3 is 3. The van der Waals surface area contributed by atoms with Gasteiger partial charge >= 0.3 is 0 Å². The third-order valence-corrected chi connectivity index (χ3v) is 3.21. The third kappa shape index (κ3) is 3.59. The molecule has 1 rings (SSSR count). The minimum absolute atomic E-state index is 0.0639. The molecule has 0 aromatic heterocycles. The second-order valence-corrected chi connectivity index (χ2v) is 4.70. The molecule has 1 aromatic carbocycles. The van der Waals surface area contributed by atoms with Crippen LogP contribution in [0.5, 0.6) is 11.5 Å². The zero-order valence-electron chi connectivity index (χ0n) is 12.3. The summed E-state index contributed by atoms with van der Waals surface area (Å²) < 4.78 is 16.2. The fourth-order valence-electron chi connectivity index (χ4n) is 2.24. The lowest BCUT2D eigenvalue weighted by Gasteiger charge is -2.30. The normalized spacial score (nSPS) is 14.3. The number of hydrogen-bond acceptors (Lipinski definition) is 5. The van der Waals surface area contributed by atoms with Crippen molar-refractivity contribution in [1.29, 1.82) is 0 Å². The summed E-state index contributed by atoms with van der Waals surface area (Å²) in [6.07, 6.45) is -0.0639. The van der Waals surface area contributed by atoms with E-state index in [0.29, 0.717) is 5.92 Å². The molecule has 0 aliphatic rings. The summed E-state index contributed by atoms with van der Waals surface area (Å²) in [6.45, 7) is 4.18. The van der Waals surface area contributed by atoms with Crippen molar-refractivity contribution in [3.8, 4) is 11.5 Å². The molecule has 2 atom stereocenters. The van der Waals surface area contributed by atoms with E-state index < -0.39 is 0 Å². The maximum Gasteiger partial charge on any atom is 0.124 e. The minimum Gasteiger partial charge on any atom is -0.497 e. The Hall–Kier alpha value is -1.30. The van der Waals surface area contributed by atoms with Crippen LogP contribution in [0.1, 0.15) is 25.5 Å². The first-order valence-corrected chi connectivity index (χ1v) is 6.29. The molecule has 0 heterocycles. The Kier molecular flexibility index (Phi) is 6.08. The molecule has 0 aliphatic heterocycles. The second kappa shape index (κ2) is 7.33. The minimum atomic E-state index is -0.171. The van der Waals surface area contributed by atoms with Crippen LogP contribution in [0.3, 0.4) is 0 Å². The van der Waals surface area contributed by atoms with Gasteiger partial charge in [-0.05, 0) is 24.1 Å². The van der Waals surface area contributed by atoms with Gasteiger partial charge in [-0.2, -0.15) is 0 Å². The van der Waals surface area contributed by atoms with E-state index in [-0.39, 0.29) is 12.1 Å². The smallest absolute Gasteiger partial charge is 0.124 e. The average Bonchev–Trinajstić information content (AvgIpc) is 2.43. The van der Waals surface area contributed by atoms with E-state index in [1.807, 2.05) is 18.2 Å². The van der Waals surface area contributed by atoms with Gasteiger partial charge in [-0.3, -0.25) is 11.3 Å². The van der Waals surface area contributed by atoms with Crippen LogP contribution < -0.4 is 20.7 Å². The molecule has 2 unspecified atom stereocenters. The summed E-state index contributed by atoms with van der Waals surface area (Å²) >= 11 is 0. The van der Waals surface area contributed by atoms with Gasteiger partial charge in [0.15, 0.2) is 0 Å². The molecule has 3 N–H and O–H groups in total. The fourth-order valence-corrected chi connectivity index (χ4v) is 2.24. The van der Waals surface area contributed by atoms with E-state index in [0.717, 1.165) is 17.1 Å². The Balaban J connectivity index is 3.21. The first-order valence-electron chi connectivity index (χ1n) is 6.29. The van der Waals surface area contributed by atoms with E-state index >= 15 is 0 Å². The lowest BCUT2D eigenvalue weighted by molar-refractivity contribution is 0.0319. The van der Waals surface area contributed by atoms with Crippen LogP contribution in [0.4, 0.5) is 0 Å². The molecular weight excluding hydrogens is 244 g/mol. The highest BCUT2D eigenvalue weighted by Gasteiger charge is 2.27. The lowest BCUT2D eigenvalue weighted by Crippen LogP contribution is -2.40. The molecule has 0 aliphatic carbocycles. The van der Waals surface area contributed by atoms with Crippen LogP contribution in [-0.2, 0) is 4.74 Å². The monoisotopic (exact) mass is 268 g/mol. The van der Waals surface area contributed by atoms with Gasteiger partial charge in [0.05, 0.1) is 26.4 Å². The van der Waals surface area contributed by atoms with Crippen LogP contribution in [0.2, 0.25) is 0 Å². The zero-order valence-corrected chi connectivity index (χ0v) is 12.3. The van der Waals surface area contributed by atoms with Gasteiger partial charge < -0.3 is 14.2 Å². The predicted molar refractivity (Wildman–Crippen MR) is 75.2 cm³/mol. The Morgan fingerprint density at radius 3 is 2.21 bits per heavy atom. The van der Waals surface area contributed by atoms with E-state index in [1.165, 1.54) is 0 Å². The molecule has 0 saturated heterocycles. The molecule has 0 bridgehead atoms. The molecule has 0 saturated carbocycles. The highest BCUT2D eigenvalue weighted by atomic mass is 16.5. The highest BCUT2D eigenvalue weighted by Crippen LogP contribution is 2.33. The molecule has 5 heteroatoms. The van der Waals surface area contributed by atoms with Crippen LogP contribution in [0.25, 0.3) is 0 Å². The maximum atomic E-state index is 5.71. The molecular formula is C14H24N2O3. The summed E-state index contributed by atoms with van der Waals surface area (Å²) in [5, 5.41) is 0. The Morgan fingerprint density at radius 1 is 1.11 bits per heavy atom. The number of rotatable bonds is 7. The Morgan fingerprint density at radius 2 is 1.79 bits per heavy atom. The Labute approximate surface area is 115 Å². The van der Waals surface area contributed by atoms with Crippen LogP contribution in [0, 0.1) is 5.92 Å². The van der Waals surface area contributed by atoms with Gasteiger partial charge in [0, 0.05) is 12.7 Å². The maximum absolute atomic E-state index is 5.71. The van der Waals surface area contributed by atoms with Crippen molar-refractivity contribution in [2.24, 2.45) is 11.8 Å². The Bertz CT molecular complexity index is 396. The summed E-state index contributed by atoms with van der Waals surface area (Å²) in [4.78, 5) is 0. The van der Waals surface area contributed by atoms with Crippen molar-refractivity contribution in [1.82, 2.24) is 5.43 Å². The molecule has 0 fully saturated rings. The summed E-state index contributed by atoms with van der Waals surface area (Å²) in [5.41, 5.74) is 3.74. The number of ether oxygens (including phenoxy) is 3. The van der Waals surface area contributed by atoms with Gasteiger partial charge in [0.2, 0.25) is 0 Å². The van der Waals surface area contributed by atoms with Crippen molar-refractivity contribution in [2.45, 2.75) is 26.0 Å². The van der Waals surface area contributed by atoms with Crippen LogP contribution in [-0.4, -0.2) is 27.4 Å². The molecule has 0 spiro atoms. The van der Waals surface area contributed by atoms with Gasteiger partial charge in [0.1, 0.15) is 11.5 Å². The SMILES string of the molecule is COc1ccc(OC)c(C(NN)C(OC)C(C)C)c1. The molecule has 1 aromatic rings. The van der Waals surface area contributed by atoms with E-state index in [1.54, 1.807) is 21.3 Å². The molecule has 108 valence electrons. The molecule has 0 amide bonds. The number of hydrazine groups is 1. The number of hydrogen-bond donors (Lipinski definition) is 2. The van der Waals surface area contributed by atoms with Gasteiger partial charge in [-0.1, -0.05) is 13.8 Å². The van der Waals surface area contributed by atoms with Crippen molar-refractivity contribution >= 4 is 0 Å². The van der Waals surface area contributed by atoms with Gasteiger partial charge in [0.25, 0.3) is 0 Å². The predicted octanol–water partition coefficient (Wildman–Crippen LogP) is 1.88. The molecule has 5 nitrogen and oxygen atoms in total. The average molecular weight is 268 g/mol. The standard InChI is InChI=1S/C14H24N2O3/c1-9(2)14(19-5)13(16-15)11-8-10(17-3)6-7-12(11)18-4/h6-9,13-14,16H,15H2,1-5H3. The van der Waals surface area contributed by atoms with Crippen LogP contribution >= 0.6 is 0 Å². The third-order valence-electron chi connectivity index (χ3n) is 3.21. The summed E-state index contributed by atoms with van der Waals surface area (Å²) in [7, 11) is 4.95. The van der Waals surface area contributed by atoms with Crippen molar-refractivity contribution in [2.75, 3.05) is 21.3 Å². The zero-order chi connectivity index (χ0) is 14.4. The number of nitrogens with one attached hydrogen (secondary N) is 1. The molecule has 19 heavy (non-hydrogen) atoms. The second-order valence-electron chi connectivity index (χ2n) is 4.70. The van der Waals surface area contributed by atoms with Crippen molar-refractivity contribution < 1.29 is 14.2 Å². The quantitative estimate of drug-likeness (QED) is 0.584. The largest absolute Gasteiger partial charge is 0.497 e. The van der Waals surface area contributed by atoms with Crippen LogP contribution in [0.15, 0.2) is 18.2 Å². The van der Waals surface area contributed by atoms with E-state index in [2.05, 4.69) is 19.3 Å². The molecule has 0 radical (unpaired) electrons. The van der Waals surface area contributed by atoms with Gasteiger partial charge in [-0.25, -0.2) is 0 Å². The lowest BCUT2D eigenvalue weighted by atomic mass is 9.93. The fraction of sp³-hybridized carbons (Fsp3) is 0.571. The first kappa shape index (κ1) is 15.8. The number of nitrogens with two attached hydrogens (primary N) is 1. The van der Waals surface area contributed by atoms with E-state index in [9.17, 15) is 0 Å². The van der Waals surface area contributed by atoms with E-state index in [4.69, 9.17) is 20.1 Å². The summed E-state index contributed by atoms with van der Waals surface area (Å²) in [5.74, 6) is 7.53. The van der Waals surface area contributed by atoms with Gasteiger partial charge in [-0.15, -0.1) is 0 Å². The summed E-state index contributed by atoms with van der Waals surface area (Å²) in [6, 6.07) is 5.46.